The second-order valence-corrected chi connectivity index (χ2v) is 8.86. The van der Waals surface area contributed by atoms with Crippen LogP contribution in [-0.4, -0.2) is 29.1 Å². The molecule has 4 aromatic heterocycles. The summed E-state index contributed by atoms with van der Waals surface area (Å²) < 4.78 is 4.48. The molecule has 0 aliphatic heterocycles. The lowest BCUT2D eigenvalue weighted by molar-refractivity contribution is 0.995. The fourth-order valence-electron chi connectivity index (χ4n) is 5.37. The van der Waals surface area contributed by atoms with E-state index in [1.165, 1.54) is 21.8 Å². The topological polar surface area (TPSA) is 61.4 Å². The summed E-state index contributed by atoms with van der Waals surface area (Å²) in [6.07, 6.45) is 5.06. The molecule has 0 saturated heterocycles. The Morgan fingerprint density at radius 1 is 0.500 bits per heavy atom. The Balaban J connectivity index is 1.54. The van der Waals surface area contributed by atoms with Crippen molar-refractivity contribution in [1.82, 2.24) is 29.1 Å². The smallest absolute Gasteiger partial charge is 0.236 e. The molecule has 0 N–H and O–H groups in total. The first-order chi connectivity index (χ1) is 17.9. The van der Waals surface area contributed by atoms with E-state index in [-0.39, 0.29) is 0 Å². The second-order valence-electron chi connectivity index (χ2n) is 8.86. The molecule has 168 valence electrons. The fraction of sp³-hybridized carbons (Fsp3) is 0. The van der Waals surface area contributed by atoms with Crippen molar-refractivity contribution >= 4 is 54.8 Å². The van der Waals surface area contributed by atoms with Crippen molar-refractivity contribution < 1.29 is 0 Å². The van der Waals surface area contributed by atoms with Gasteiger partial charge in [-0.25, -0.2) is 15.0 Å². The van der Waals surface area contributed by atoms with Crippen LogP contribution >= 0.6 is 0 Å². The molecule has 0 unspecified atom stereocenters. The van der Waals surface area contributed by atoms with Crippen molar-refractivity contribution in [1.29, 1.82) is 0 Å². The van der Waals surface area contributed by atoms with E-state index in [0.717, 1.165) is 27.5 Å². The van der Waals surface area contributed by atoms with Crippen molar-refractivity contribution in [2.45, 2.75) is 0 Å². The van der Waals surface area contributed by atoms with Crippen LogP contribution in [0.25, 0.3) is 66.4 Å². The van der Waals surface area contributed by atoms with Crippen LogP contribution in [0, 0.1) is 0 Å². The molecule has 0 radical (unpaired) electrons. The second kappa shape index (κ2) is 7.20. The Labute approximate surface area is 205 Å². The van der Waals surface area contributed by atoms with Gasteiger partial charge in [0.25, 0.3) is 0 Å². The lowest BCUT2D eigenvalue weighted by Crippen LogP contribution is -2.02. The van der Waals surface area contributed by atoms with Crippen molar-refractivity contribution in [3.05, 3.63) is 110 Å². The molecule has 0 atom stereocenters. The maximum absolute atomic E-state index is 4.79. The quantitative estimate of drug-likeness (QED) is 0.290. The van der Waals surface area contributed by atoms with Gasteiger partial charge in [0.05, 0.1) is 28.3 Å². The monoisotopic (exact) mass is 462 g/mol. The first-order valence-corrected chi connectivity index (χ1v) is 11.8. The number of hydrogen-bond acceptors (Lipinski definition) is 4. The predicted molar refractivity (Wildman–Crippen MR) is 144 cm³/mol. The SMILES string of the molecule is c1ccc(-n2c3ccccc3c3cc4c(cc32)c2ccccc2n4-c2ncc3nccnc3n2)cc1. The van der Waals surface area contributed by atoms with Gasteiger partial charge in [0, 0.05) is 39.6 Å². The van der Waals surface area contributed by atoms with Crippen molar-refractivity contribution in [2.24, 2.45) is 0 Å². The van der Waals surface area contributed by atoms with Crippen molar-refractivity contribution in [3.8, 4) is 11.6 Å². The fourth-order valence-corrected chi connectivity index (χ4v) is 5.37. The molecule has 0 aliphatic rings. The van der Waals surface area contributed by atoms with Crippen LogP contribution < -0.4 is 0 Å². The summed E-state index contributed by atoms with van der Waals surface area (Å²) in [5.74, 6) is 0.584. The number of rotatable bonds is 2. The number of fused-ring (bicyclic) bond motifs is 7. The molecule has 8 aromatic rings. The highest BCUT2D eigenvalue weighted by Gasteiger charge is 2.19. The summed E-state index contributed by atoms with van der Waals surface area (Å²) in [5.41, 5.74) is 6.86. The summed E-state index contributed by atoms with van der Waals surface area (Å²) in [5, 5.41) is 4.70. The zero-order valence-electron chi connectivity index (χ0n) is 19.1. The number of nitrogens with zero attached hydrogens (tertiary/aromatic N) is 6. The molecule has 0 bridgehead atoms. The molecule has 8 rings (SSSR count). The van der Waals surface area contributed by atoms with Gasteiger partial charge >= 0.3 is 0 Å². The van der Waals surface area contributed by atoms with Crippen LogP contribution in [0.3, 0.4) is 0 Å². The predicted octanol–water partition coefficient (Wildman–Crippen LogP) is 6.61. The van der Waals surface area contributed by atoms with Gasteiger partial charge in [-0.05, 0) is 36.4 Å². The molecule has 4 heterocycles. The van der Waals surface area contributed by atoms with Gasteiger partial charge in [-0.15, -0.1) is 0 Å². The van der Waals surface area contributed by atoms with Gasteiger partial charge in [0.2, 0.25) is 5.95 Å². The molecular formula is C30H18N6. The zero-order valence-corrected chi connectivity index (χ0v) is 19.1. The molecule has 4 aromatic carbocycles. The van der Waals surface area contributed by atoms with Crippen LogP contribution in [0.15, 0.2) is 110 Å². The lowest BCUT2D eigenvalue weighted by Gasteiger charge is -2.08. The van der Waals surface area contributed by atoms with Crippen molar-refractivity contribution in [3.63, 3.8) is 0 Å². The normalized spacial score (nSPS) is 11.9. The van der Waals surface area contributed by atoms with Crippen LogP contribution in [0.1, 0.15) is 0 Å². The number of benzene rings is 4. The van der Waals surface area contributed by atoms with Gasteiger partial charge < -0.3 is 4.57 Å². The molecule has 0 saturated carbocycles. The first-order valence-electron chi connectivity index (χ1n) is 11.8. The molecule has 0 aliphatic carbocycles. The van der Waals surface area contributed by atoms with Gasteiger partial charge in [-0.3, -0.25) is 4.57 Å². The average Bonchev–Trinajstić information content (AvgIpc) is 3.44. The third kappa shape index (κ3) is 2.61. The summed E-state index contributed by atoms with van der Waals surface area (Å²) in [7, 11) is 0. The molecular weight excluding hydrogens is 444 g/mol. The molecule has 0 fully saturated rings. The first kappa shape index (κ1) is 19.2. The van der Waals surface area contributed by atoms with Crippen LogP contribution in [0.2, 0.25) is 0 Å². The highest BCUT2D eigenvalue weighted by molar-refractivity contribution is 6.18. The molecule has 6 nitrogen and oxygen atoms in total. The number of aromatic nitrogens is 6. The summed E-state index contributed by atoms with van der Waals surface area (Å²) in [6, 6.07) is 32.1. The van der Waals surface area contributed by atoms with Crippen LogP contribution in [0.4, 0.5) is 0 Å². The summed E-state index contributed by atoms with van der Waals surface area (Å²) >= 11 is 0. The van der Waals surface area contributed by atoms with E-state index in [2.05, 4.69) is 115 Å². The molecule has 0 spiro atoms. The van der Waals surface area contributed by atoms with E-state index in [4.69, 9.17) is 4.98 Å². The number of para-hydroxylation sites is 3. The third-order valence-corrected chi connectivity index (χ3v) is 6.89. The van der Waals surface area contributed by atoms with E-state index in [0.29, 0.717) is 17.1 Å². The standard InChI is InChI=1S/C30H18N6/c1-2-8-19(9-3-1)35-25-12-6-4-10-20(25)22-17-28-23(16-27(22)35)21-11-5-7-13-26(21)36(28)30-33-18-24-29(34-30)32-15-14-31-24/h1-18H. The van der Waals surface area contributed by atoms with E-state index in [9.17, 15) is 0 Å². The Hall–Kier alpha value is -5.10. The minimum Gasteiger partial charge on any atom is -0.309 e. The number of hydrogen-bond donors (Lipinski definition) is 0. The van der Waals surface area contributed by atoms with E-state index >= 15 is 0 Å². The largest absolute Gasteiger partial charge is 0.309 e. The summed E-state index contributed by atoms with van der Waals surface area (Å²) in [4.78, 5) is 18.2. The maximum Gasteiger partial charge on any atom is 0.236 e. The summed E-state index contributed by atoms with van der Waals surface area (Å²) in [6.45, 7) is 0. The molecule has 36 heavy (non-hydrogen) atoms. The minimum atomic E-state index is 0.579. The van der Waals surface area contributed by atoms with Crippen LogP contribution in [0.5, 0.6) is 0 Å². The van der Waals surface area contributed by atoms with Gasteiger partial charge in [-0.2, -0.15) is 4.98 Å². The van der Waals surface area contributed by atoms with Crippen molar-refractivity contribution in [2.75, 3.05) is 0 Å². The Morgan fingerprint density at radius 3 is 1.86 bits per heavy atom. The molecule has 0 amide bonds. The maximum atomic E-state index is 4.79. The Kier molecular flexibility index (Phi) is 3.85. The lowest BCUT2D eigenvalue weighted by atomic mass is 10.1. The van der Waals surface area contributed by atoms with Gasteiger partial charge in [0.15, 0.2) is 5.65 Å². The zero-order chi connectivity index (χ0) is 23.6. The Bertz CT molecular complexity index is 2100. The van der Waals surface area contributed by atoms with E-state index < -0.39 is 0 Å². The van der Waals surface area contributed by atoms with E-state index in [1.54, 1.807) is 18.6 Å². The highest BCUT2D eigenvalue weighted by Crippen LogP contribution is 2.39. The van der Waals surface area contributed by atoms with Crippen LogP contribution in [-0.2, 0) is 0 Å². The highest BCUT2D eigenvalue weighted by atomic mass is 15.2. The third-order valence-electron chi connectivity index (χ3n) is 6.89. The average molecular weight is 463 g/mol. The van der Waals surface area contributed by atoms with E-state index in [1.807, 2.05) is 0 Å². The Morgan fingerprint density at radius 2 is 1.11 bits per heavy atom. The molecule has 6 heteroatoms. The van der Waals surface area contributed by atoms with Gasteiger partial charge in [-0.1, -0.05) is 54.6 Å². The minimum absolute atomic E-state index is 0.579. The van der Waals surface area contributed by atoms with Gasteiger partial charge in [0.1, 0.15) is 5.52 Å².